The van der Waals surface area contributed by atoms with Crippen molar-refractivity contribution in [3.05, 3.63) is 71.8 Å². The van der Waals surface area contributed by atoms with Gasteiger partial charge < -0.3 is 15.7 Å². The molecule has 3 N–H and O–H groups in total. The molecule has 0 bridgehead atoms. The number of hydrogen-bond acceptors (Lipinski definition) is 3. The molecule has 0 fully saturated rings. The quantitative estimate of drug-likeness (QED) is 0.489. The number of aliphatic hydroxyl groups excluding tert-OH is 1. The number of aliphatic hydroxyl groups is 1. The van der Waals surface area contributed by atoms with Gasteiger partial charge in [0.05, 0.1) is 12.1 Å². The normalized spacial score (nSPS) is 15.4. The fraction of sp³-hybridized carbons (Fsp3) is 0.500. The Kier molecular flexibility index (Phi) is 10.0. The van der Waals surface area contributed by atoms with Gasteiger partial charge in [-0.2, -0.15) is 0 Å². The largest absolute Gasteiger partial charge is 0.390 e. The highest BCUT2D eigenvalue weighted by Crippen LogP contribution is 2.18. The molecular formula is C26H38N2O2. The van der Waals surface area contributed by atoms with E-state index in [0.717, 1.165) is 17.5 Å². The maximum absolute atomic E-state index is 12.8. The fourth-order valence-electron chi connectivity index (χ4n) is 3.85. The van der Waals surface area contributed by atoms with Crippen molar-refractivity contribution in [2.75, 3.05) is 6.54 Å². The summed E-state index contributed by atoms with van der Waals surface area (Å²) in [4.78, 5) is 12.8. The van der Waals surface area contributed by atoms with Crippen molar-refractivity contribution >= 4 is 5.91 Å². The maximum atomic E-state index is 12.8. The Morgan fingerprint density at radius 3 is 2.13 bits per heavy atom. The summed E-state index contributed by atoms with van der Waals surface area (Å²) in [7, 11) is 0. The van der Waals surface area contributed by atoms with Crippen LogP contribution in [0.15, 0.2) is 60.7 Å². The summed E-state index contributed by atoms with van der Waals surface area (Å²) in [6.45, 7) is 9.05. The van der Waals surface area contributed by atoms with Crippen LogP contribution in [0.4, 0.5) is 0 Å². The minimum Gasteiger partial charge on any atom is -0.390 e. The first-order valence-electron chi connectivity index (χ1n) is 11.1. The molecule has 0 radical (unpaired) electrons. The van der Waals surface area contributed by atoms with Crippen LogP contribution in [0.3, 0.4) is 0 Å². The highest BCUT2D eigenvalue weighted by atomic mass is 16.3. The van der Waals surface area contributed by atoms with E-state index >= 15 is 0 Å². The lowest BCUT2D eigenvalue weighted by molar-refractivity contribution is -0.123. The van der Waals surface area contributed by atoms with Crippen molar-refractivity contribution in [1.82, 2.24) is 10.6 Å². The van der Waals surface area contributed by atoms with E-state index in [4.69, 9.17) is 0 Å². The molecular weight excluding hydrogens is 372 g/mol. The van der Waals surface area contributed by atoms with E-state index in [-0.39, 0.29) is 17.9 Å². The minimum absolute atomic E-state index is 0.0263. The van der Waals surface area contributed by atoms with E-state index in [1.807, 2.05) is 60.7 Å². The van der Waals surface area contributed by atoms with E-state index in [0.29, 0.717) is 31.3 Å². The second kappa shape index (κ2) is 12.5. The predicted molar refractivity (Wildman–Crippen MR) is 124 cm³/mol. The molecule has 2 aromatic carbocycles. The Morgan fingerprint density at radius 2 is 1.53 bits per heavy atom. The lowest BCUT2D eigenvalue weighted by Gasteiger charge is -2.27. The van der Waals surface area contributed by atoms with Gasteiger partial charge >= 0.3 is 0 Å². The standard InChI is InChI=1S/C26H38N2O2/c1-19(2)15-21(4)27-18-25(29)24(17-22-11-7-5-8-12-22)28-26(30)16-20(3)23-13-9-6-10-14-23/h5-14,19-21,24-25,27,29H,15-18H2,1-4H3,(H,28,30)/t20?,21?,24-,25+/m0/s1. The number of rotatable bonds is 12. The topological polar surface area (TPSA) is 61.4 Å². The lowest BCUT2D eigenvalue weighted by atomic mass is 9.96. The average molecular weight is 411 g/mol. The van der Waals surface area contributed by atoms with E-state index in [2.05, 4.69) is 38.3 Å². The summed E-state index contributed by atoms with van der Waals surface area (Å²) < 4.78 is 0. The van der Waals surface area contributed by atoms with Crippen molar-refractivity contribution < 1.29 is 9.90 Å². The SMILES string of the molecule is CC(C)CC(C)NC[C@@H](O)[C@H](Cc1ccccc1)NC(=O)CC(C)c1ccccc1. The highest BCUT2D eigenvalue weighted by molar-refractivity contribution is 5.77. The van der Waals surface area contributed by atoms with Gasteiger partial charge in [0.2, 0.25) is 5.91 Å². The first-order chi connectivity index (χ1) is 14.3. The molecule has 2 rings (SSSR count). The summed E-state index contributed by atoms with van der Waals surface area (Å²) >= 11 is 0. The molecule has 0 aliphatic heterocycles. The summed E-state index contributed by atoms with van der Waals surface area (Å²) in [6, 6.07) is 20.1. The zero-order valence-electron chi connectivity index (χ0n) is 18.8. The monoisotopic (exact) mass is 410 g/mol. The number of carbonyl (C=O) groups excluding carboxylic acids is 1. The first-order valence-corrected chi connectivity index (χ1v) is 11.1. The van der Waals surface area contributed by atoms with Gasteiger partial charge in [0.25, 0.3) is 0 Å². The summed E-state index contributed by atoms with van der Waals surface area (Å²) in [5, 5.41) is 17.4. The molecule has 30 heavy (non-hydrogen) atoms. The lowest BCUT2D eigenvalue weighted by Crippen LogP contribution is -2.50. The predicted octanol–water partition coefficient (Wildman–Crippen LogP) is 4.29. The smallest absolute Gasteiger partial charge is 0.220 e. The number of carbonyl (C=O) groups is 1. The number of hydrogen-bond donors (Lipinski definition) is 3. The van der Waals surface area contributed by atoms with Crippen LogP contribution < -0.4 is 10.6 Å². The van der Waals surface area contributed by atoms with Crippen LogP contribution in [0.1, 0.15) is 57.6 Å². The Hall–Kier alpha value is -2.17. The highest BCUT2D eigenvalue weighted by Gasteiger charge is 2.23. The third-order valence-electron chi connectivity index (χ3n) is 5.47. The Balaban J connectivity index is 1.98. The molecule has 0 heterocycles. The van der Waals surface area contributed by atoms with E-state index in [1.54, 1.807) is 0 Å². The molecule has 2 aromatic rings. The molecule has 0 aliphatic carbocycles. The Labute approximate surface area is 182 Å². The molecule has 0 aliphatic rings. The summed E-state index contributed by atoms with van der Waals surface area (Å²) in [5.74, 6) is 0.704. The van der Waals surface area contributed by atoms with E-state index < -0.39 is 6.10 Å². The van der Waals surface area contributed by atoms with Gasteiger partial charge in [0, 0.05) is 19.0 Å². The molecule has 0 saturated heterocycles. The van der Waals surface area contributed by atoms with Crippen molar-refractivity contribution in [2.45, 2.75) is 71.1 Å². The van der Waals surface area contributed by atoms with Gasteiger partial charge in [-0.15, -0.1) is 0 Å². The first kappa shape index (κ1) is 24.1. The third kappa shape index (κ3) is 8.68. The number of amides is 1. The molecule has 4 nitrogen and oxygen atoms in total. The molecule has 1 amide bonds. The Morgan fingerprint density at radius 1 is 0.933 bits per heavy atom. The third-order valence-corrected chi connectivity index (χ3v) is 5.47. The maximum Gasteiger partial charge on any atom is 0.220 e. The number of nitrogens with one attached hydrogen (secondary N) is 2. The molecule has 4 heteroatoms. The van der Waals surface area contributed by atoms with Gasteiger partial charge in [-0.05, 0) is 42.7 Å². The van der Waals surface area contributed by atoms with Crippen LogP contribution in [0.5, 0.6) is 0 Å². The van der Waals surface area contributed by atoms with Crippen LogP contribution in [-0.2, 0) is 11.2 Å². The van der Waals surface area contributed by atoms with Gasteiger partial charge in [-0.25, -0.2) is 0 Å². The van der Waals surface area contributed by atoms with Crippen LogP contribution in [0, 0.1) is 5.92 Å². The molecule has 0 aromatic heterocycles. The van der Waals surface area contributed by atoms with Crippen LogP contribution in [0.25, 0.3) is 0 Å². The summed E-state index contributed by atoms with van der Waals surface area (Å²) in [6.07, 6.45) is 1.40. The average Bonchev–Trinajstić information content (AvgIpc) is 2.72. The van der Waals surface area contributed by atoms with Gasteiger partial charge in [0.15, 0.2) is 0 Å². The zero-order chi connectivity index (χ0) is 21.9. The van der Waals surface area contributed by atoms with Gasteiger partial charge in [-0.3, -0.25) is 4.79 Å². The van der Waals surface area contributed by atoms with Gasteiger partial charge in [-0.1, -0.05) is 81.4 Å². The second-order valence-electron chi connectivity index (χ2n) is 8.89. The molecule has 0 spiro atoms. The zero-order valence-corrected chi connectivity index (χ0v) is 18.8. The second-order valence-corrected chi connectivity index (χ2v) is 8.89. The van der Waals surface area contributed by atoms with Crippen molar-refractivity contribution in [1.29, 1.82) is 0 Å². The fourth-order valence-corrected chi connectivity index (χ4v) is 3.85. The van der Waals surface area contributed by atoms with E-state index in [9.17, 15) is 9.90 Å². The minimum atomic E-state index is -0.657. The molecule has 164 valence electrons. The molecule has 0 saturated carbocycles. The van der Waals surface area contributed by atoms with Crippen molar-refractivity contribution in [2.24, 2.45) is 5.92 Å². The van der Waals surface area contributed by atoms with Gasteiger partial charge in [0.1, 0.15) is 0 Å². The van der Waals surface area contributed by atoms with E-state index in [1.165, 1.54) is 0 Å². The number of benzene rings is 2. The molecule has 4 atom stereocenters. The van der Waals surface area contributed by atoms with Crippen LogP contribution >= 0.6 is 0 Å². The van der Waals surface area contributed by atoms with Crippen molar-refractivity contribution in [3.8, 4) is 0 Å². The van der Waals surface area contributed by atoms with Crippen LogP contribution in [-0.4, -0.2) is 35.7 Å². The molecule has 2 unspecified atom stereocenters. The van der Waals surface area contributed by atoms with Crippen LogP contribution in [0.2, 0.25) is 0 Å². The Bertz CT molecular complexity index is 733. The van der Waals surface area contributed by atoms with Crippen molar-refractivity contribution in [3.63, 3.8) is 0 Å². The summed E-state index contributed by atoms with van der Waals surface area (Å²) in [5.41, 5.74) is 2.25.